The third-order valence-electron chi connectivity index (χ3n) is 8.08. The number of carbonyl (C=O) groups is 3. The summed E-state index contributed by atoms with van der Waals surface area (Å²) in [6.45, 7) is 11.1. The number of esters is 1. The van der Waals surface area contributed by atoms with Crippen molar-refractivity contribution in [1.29, 1.82) is 0 Å². The number of hydrogen-bond donors (Lipinski definition) is 1. The third kappa shape index (κ3) is 5.52. The first-order valence-corrected chi connectivity index (χ1v) is 13.5. The summed E-state index contributed by atoms with van der Waals surface area (Å²) in [5, 5.41) is 11.2. The van der Waals surface area contributed by atoms with Crippen LogP contribution < -0.4 is 0 Å². The van der Waals surface area contributed by atoms with E-state index in [4.69, 9.17) is 32.7 Å². The number of Topliss-reactive ketones (excluding diaryl/α,β-unsaturated/α-hetero) is 2. The van der Waals surface area contributed by atoms with Crippen molar-refractivity contribution in [3.05, 3.63) is 36.5 Å². The molecular formula is C28H38Cl2O6. The molecule has 3 aliphatic rings. The molecule has 1 fully saturated rings. The Balaban J connectivity index is 2.14. The van der Waals surface area contributed by atoms with Crippen molar-refractivity contribution in [3.63, 3.8) is 0 Å². The summed E-state index contributed by atoms with van der Waals surface area (Å²) in [5.74, 6) is -5.33. The minimum Gasteiger partial charge on any atom is -0.458 e. The van der Waals surface area contributed by atoms with Gasteiger partial charge in [-0.2, -0.15) is 0 Å². The highest BCUT2D eigenvalue weighted by atomic mass is 35.5. The molecule has 200 valence electrons. The van der Waals surface area contributed by atoms with Gasteiger partial charge >= 0.3 is 5.97 Å². The van der Waals surface area contributed by atoms with Crippen LogP contribution in [0.1, 0.15) is 48.0 Å². The van der Waals surface area contributed by atoms with Crippen LogP contribution in [-0.2, 0) is 23.9 Å². The number of cyclic esters (lactones) is 1. The van der Waals surface area contributed by atoms with Gasteiger partial charge in [-0.15, -0.1) is 0 Å². The molecule has 8 heteroatoms. The second kappa shape index (κ2) is 11.1. The van der Waals surface area contributed by atoms with Crippen molar-refractivity contribution in [2.75, 3.05) is 6.61 Å². The number of aliphatic hydroxyl groups is 1. The number of halogens is 2. The Morgan fingerprint density at radius 3 is 2.31 bits per heavy atom. The third-order valence-corrected chi connectivity index (χ3v) is 8.83. The molecule has 0 radical (unpaired) electrons. The van der Waals surface area contributed by atoms with E-state index in [1.807, 2.05) is 39.0 Å². The van der Waals surface area contributed by atoms with Gasteiger partial charge in [0, 0.05) is 12.5 Å². The van der Waals surface area contributed by atoms with Crippen molar-refractivity contribution in [3.8, 4) is 0 Å². The maximum absolute atomic E-state index is 14.2. The van der Waals surface area contributed by atoms with E-state index in [0.717, 1.165) is 0 Å². The van der Waals surface area contributed by atoms with Crippen LogP contribution in [-0.4, -0.2) is 51.4 Å². The summed E-state index contributed by atoms with van der Waals surface area (Å²) in [7, 11) is 0. The number of carbonyl (C=O) groups excluding carboxylic acids is 3. The van der Waals surface area contributed by atoms with Gasteiger partial charge in [0.15, 0.2) is 11.6 Å². The summed E-state index contributed by atoms with van der Waals surface area (Å²) < 4.78 is 8.90. The number of ether oxygens (including phenoxy) is 2. The van der Waals surface area contributed by atoms with Crippen LogP contribution in [0.4, 0.5) is 0 Å². The smallest absolute Gasteiger partial charge is 0.316 e. The molecule has 2 aliphatic carbocycles. The Morgan fingerprint density at radius 1 is 1.03 bits per heavy atom. The molecule has 1 saturated carbocycles. The van der Waals surface area contributed by atoms with Crippen molar-refractivity contribution in [1.82, 2.24) is 0 Å². The van der Waals surface area contributed by atoms with Crippen LogP contribution in [0.2, 0.25) is 0 Å². The van der Waals surface area contributed by atoms with Gasteiger partial charge in [0.25, 0.3) is 0 Å². The predicted molar refractivity (Wildman–Crippen MR) is 140 cm³/mol. The number of allylic oxidation sites excluding steroid dienone is 5. The maximum Gasteiger partial charge on any atom is 0.316 e. The molecule has 1 aliphatic heterocycles. The Hall–Kier alpha value is -1.47. The lowest BCUT2D eigenvalue weighted by molar-refractivity contribution is -0.179. The molecule has 6 nitrogen and oxygen atoms in total. The number of rotatable bonds is 2. The topological polar surface area (TPSA) is 89.9 Å². The van der Waals surface area contributed by atoms with Gasteiger partial charge in [0.1, 0.15) is 12.0 Å². The van der Waals surface area contributed by atoms with Crippen molar-refractivity contribution in [2.24, 2.45) is 41.4 Å². The average Bonchev–Trinajstić information content (AvgIpc) is 2.81. The van der Waals surface area contributed by atoms with Crippen LogP contribution in [0.15, 0.2) is 36.5 Å². The van der Waals surface area contributed by atoms with Gasteiger partial charge in [-0.3, -0.25) is 14.4 Å². The second-order valence-electron chi connectivity index (χ2n) is 10.8. The first kappa shape index (κ1) is 29.1. The van der Waals surface area contributed by atoms with Gasteiger partial charge in [0.2, 0.25) is 4.33 Å². The summed E-state index contributed by atoms with van der Waals surface area (Å²) >= 11 is 13.1. The molecule has 0 bridgehead atoms. The summed E-state index contributed by atoms with van der Waals surface area (Å²) in [6, 6.07) is 0. The lowest BCUT2D eigenvalue weighted by Crippen LogP contribution is -2.60. The van der Waals surface area contributed by atoms with Crippen LogP contribution >= 0.6 is 23.2 Å². The van der Waals surface area contributed by atoms with E-state index in [1.165, 1.54) is 6.92 Å². The first-order chi connectivity index (χ1) is 16.7. The lowest BCUT2D eigenvalue weighted by Gasteiger charge is -2.54. The van der Waals surface area contributed by atoms with Crippen LogP contribution in [0.5, 0.6) is 0 Å². The lowest BCUT2D eigenvalue weighted by atomic mass is 9.54. The first-order valence-electron chi connectivity index (χ1n) is 12.8. The molecule has 1 heterocycles. The largest absolute Gasteiger partial charge is 0.458 e. The standard InChI is InChI=1S/C28H38Cl2O6/c1-7-35-25-17(4)21-19(14-27(25,6)34)12-13-20-15(2)10-8-9-11-16(3)36-26(33)18(5)23(31)28(29,30)24(32)22(20)21/h8-13,15-22,25,34H,7,14H2,1-6H3/b10-8-,11-9+/t15-,16+,17+,18+,19-,20+,21-,22-,25-,27-/m1/s1. The van der Waals surface area contributed by atoms with Gasteiger partial charge in [-0.25, -0.2) is 0 Å². The zero-order chi connectivity index (χ0) is 27.0. The summed E-state index contributed by atoms with van der Waals surface area (Å²) in [6.07, 6.45) is 10.7. The second-order valence-corrected chi connectivity index (χ2v) is 12.1. The fourth-order valence-corrected chi connectivity index (χ4v) is 6.89. The Morgan fingerprint density at radius 2 is 1.67 bits per heavy atom. The number of ketones is 2. The molecule has 36 heavy (non-hydrogen) atoms. The van der Waals surface area contributed by atoms with E-state index in [0.29, 0.717) is 13.0 Å². The van der Waals surface area contributed by atoms with Gasteiger partial charge in [-0.1, -0.05) is 67.4 Å². The molecule has 0 amide bonds. The maximum atomic E-state index is 14.2. The average molecular weight is 542 g/mol. The molecule has 0 unspecified atom stereocenters. The normalized spacial score (nSPS) is 45.1. The van der Waals surface area contributed by atoms with E-state index in [9.17, 15) is 19.5 Å². The molecule has 3 rings (SSSR count). The zero-order valence-corrected chi connectivity index (χ0v) is 23.3. The van der Waals surface area contributed by atoms with Crippen molar-refractivity contribution >= 4 is 40.7 Å². The highest BCUT2D eigenvalue weighted by Crippen LogP contribution is 2.53. The van der Waals surface area contributed by atoms with E-state index in [1.54, 1.807) is 26.0 Å². The monoisotopic (exact) mass is 540 g/mol. The van der Waals surface area contributed by atoms with Crippen LogP contribution in [0, 0.1) is 41.4 Å². The number of hydrogen-bond acceptors (Lipinski definition) is 6. The number of fused-ring (bicyclic) bond motifs is 3. The Labute approximate surface area is 224 Å². The molecule has 0 aromatic heterocycles. The SMILES string of the molecule is CCO[C@@H]1[C@@H](C)[C@H]2[C@@H]3C(=O)C(Cl)(Cl)C(=O)[C@H](C)C(=O)O[C@@H](C)/C=C/C=C\[C@@H](C)[C@@H]3C=C[C@@H]2C[C@@]1(C)O. The van der Waals surface area contributed by atoms with E-state index in [-0.39, 0.29) is 29.6 Å². The Bertz CT molecular complexity index is 952. The van der Waals surface area contributed by atoms with E-state index >= 15 is 0 Å². The fraction of sp³-hybridized carbons (Fsp3) is 0.679. The molecule has 0 spiro atoms. The molecule has 0 aromatic carbocycles. The van der Waals surface area contributed by atoms with Gasteiger partial charge in [-0.05, 0) is 69.8 Å². The Kier molecular flexibility index (Phi) is 8.97. The predicted octanol–water partition coefficient (Wildman–Crippen LogP) is 4.86. The van der Waals surface area contributed by atoms with Crippen molar-refractivity contribution in [2.45, 2.75) is 70.1 Å². The van der Waals surface area contributed by atoms with Crippen LogP contribution in [0.3, 0.4) is 0 Å². The molecule has 10 atom stereocenters. The highest BCUT2D eigenvalue weighted by Gasteiger charge is 2.59. The number of alkyl halides is 2. The van der Waals surface area contributed by atoms with E-state index < -0.39 is 51.5 Å². The fourth-order valence-electron chi connectivity index (χ4n) is 6.31. The molecule has 0 aromatic rings. The van der Waals surface area contributed by atoms with Gasteiger partial charge in [0.05, 0.1) is 11.7 Å². The van der Waals surface area contributed by atoms with Crippen molar-refractivity contribution < 1.29 is 29.0 Å². The summed E-state index contributed by atoms with van der Waals surface area (Å²) in [4.78, 5) is 40.1. The summed E-state index contributed by atoms with van der Waals surface area (Å²) in [5.41, 5.74) is -1.08. The minimum absolute atomic E-state index is 0.0848. The molecule has 0 saturated heterocycles. The van der Waals surface area contributed by atoms with Crippen LogP contribution in [0.25, 0.3) is 0 Å². The zero-order valence-electron chi connectivity index (χ0n) is 21.8. The molecule has 1 N–H and O–H groups in total. The molecular weight excluding hydrogens is 503 g/mol. The van der Waals surface area contributed by atoms with E-state index in [2.05, 4.69) is 6.08 Å². The quantitative estimate of drug-likeness (QED) is 0.233. The highest BCUT2D eigenvalue weighted by molar-refractivity contribution is 6.68. The minimum atomic E-state index is -2.43. The van der Waals surface area contributed by atoms with Gasteiger partial charge < -0.3 is 14.6 Å².